The average Bonchev–Trinajstić information content (AvgIpc) is 3.35. The number of benzene rings is 3. The lowest BCUT2D eigenvalue weighted by atomic mass is 10.1. The molecule has 12 heteroatoms. The Morgan fingerprint density at radius 2 is 1.70 bits per heavy atom. The van der Waals surface area contributed by atoms with Gasteiger partial charge < -0.3 is 25.7 Å². The number of aromatic nitrogens is 2. The molecule has 1 aromatic heterocycles. The number of rotatable bonds is 9. The maximum absolute atomic E-state index is 13.1. The smallest absolute Gasteiger partial charge is 0.337 e. The van der Waals surface area contributed by atoms with Crippen molar-refractivity contribution < 1.29 is 19.1 Å². The van der Waals surface area contributed by atoms with Crippen molar-refractivity contribution in [3.63, 3.8) is 0 Å². The number of fused-ring (bicyclic) bond motifs is 1. The number of nitrogens with zero attached hydrogens (tertiary/aromatic N) is 3. The van der Waals surface area contributed by atoms with E-state index in [1.165, 1.54) is 7.11 Å². The second-order valence-electron chi connectivity index (χ2n) is 10.8. The van der Waals surface area contributed by atoms with Gasteiger partial charge in [-0.25, -0.2) is 19.6 Å². The van der Waals surface area contributed by atoms with Crippen LogP contribution in [-0.4, -0.2) is 64.5 Å². The van der Waals surface area contributed by atoms with Gasteiger partial charge in [-0.05, 0) is 61.2 Å². The fourth-order valence-corrected chi connectivity index (χ4v) is 5.26. The van der Waals surface area contributed by atoms with Gasteiger partial charge in [0.1, 0.15) is 11.7 Å². The molecule has 0 bridgehead atoms. The number of piperidine rings is 1. The molecule has 12 nitrogen and oxygen atoms in total. The topological polar surface area (TPSA) is 167 Å². The summed E-state index contributed by atoms with van der Waals surface area (Å²) in [6.07, 6.45) is 2.84. The molecule has 4 aromatic rings. The molecule has 0 aliphatic carbocycles. The summed E-state index contributed by atoms with van der Waals surface area (Å²) in [6.45, 7) is 1.16. The number of imidazole rings is 1. The third kappa shape index (κ3) is 7.21. The predicted molar refractivity (Wildman–Crippen MR) is 168 cm³/mol. The Hall–Kier alpha value is -5.23. The summed E-state index contributed by atoms with van der Waals surface area (Å²) >= 11 is 0. The fourth-order valence-electron chi connectivity index (χ4n) is 5.26. The molecule has 0 spiro atoms. The number of amidine groups is 1. The van der Waals surface area contributed by atoms with Crippen molar-refractivity contribution in [2.45, 2.75) is 31.7 Å². The monoisotopic (exact) mass is 596 g/mol. The Morgan fingerprint density at radius 1 is 0.977 bits per heavy atom. The van der Waals surface area contributed by atoms with Crippen LogP contribution in [0.4, 0.5) is 10.5 Å². The summed E-state index contributed by atoms with van der Waals surface area (Å²) in [4.78, 5) is 42.1. The van der Waals surface area contributed by atoms with E-state index in [0.717, 1.165) is 35.3 Å². The van der Waals surface area contributed by atoms with Gasteiger partial charge in [-0.15, -0.1) is 0 Å². The van der Waals surface area contributed by atoms with Crippen LogP contribution in [0.1, 0.15) is 50.5 Å². The number of hydrogen-bond acceptors (Lipinski definition) is 7. The summed E-state index contributed by atoms with van der Waals surface area (Å²) in [7, 11) is 3.28. The van der Waals surface area contributed by atoms with Gasteiger partial charge in [0.05, 0.1) is 23.7 Å². The molecule has 3 amide bonds. The normalized spacial score (nSPS) is 13.8. The molecular formula is C32H36N8O4. The van der Waals surface area contributed by atoms with Gasteiger partial charge in [0.15, 0.2) is 0 Å². The van der Waals surface area contributed by atoms with E-state index < -0.39 is 5.97 Å². The van der Waals surface area contributed by atoms with Crippen LogP contribution in [0.5, 0.6) is 0 Å². The summed E-state index contributed by atoms with van der Waals surface area (Å²) in [5, 5.41) is 15.1. The molecule has 0 atom stereocenters. The number of hydrazine groups is 1. The third-order valence-electron chi connectivity index (χ3n) is 7.77. The minimum Gasteiger partial charge on any atom is -0.465 e. The van der Waals surface area contributed by atoms with Crippen molar-refractivity contribution in [1.29, 1.82) is 5.41 Å². The van der Waals surface area contributed by atoms with Crippen molar-refractivity contribution >= 4 is 40.5 Å². The lowest BCUT2D eigenvalue weighted by Crippen LogP contribution is -2.51. The largest absolute Gasteiger partial charge is 0.465 e. The van der Waals surface area contributed by atoms with E-state index in [4.69, 9.17) is 20.9 Å². The van der Waals surface area contributed by atoms with Crippen LogP contribution in [0.3, 0.4) is 0 Å². The van der Waals surface area contributed by atoms with E-state index in [1.807, 2.05) is 53.0 Å². The maximum Gasteiger partial charge on any atom is 0.337 e. The van der Waals surface area contributed by atoms with Gasteiger partial charge >= 0.3 is 12.0 Å². The lowest BCUT2D eigenvalue weighted by Gasteiger charge is -2.32. The number of methoxy groups -OCH3 is 1. The highest BCUT2D eigenvalue weighted by molar-refractivity contribution is 5.97. The van der Waals surface area contributed by atoms with Crippen LogP contribution in [0.15, 0.2) is 66.7 Å². The molecule has 0 radical (unpaired) electrons. The molecule has 1 aliphatic rings. The highest BCUT2D eigenvalue weighted by atomic mass is 16.5. The van der Waals surface area contributed by atoms with Crippen molar-refractivity contribution in [3.05, 3.63) is 94.8 Å². The minimum absolute atomic E-state index is 0.0514. The SMILES string of the molecule is COC(=O)c1cccc(NC(=O)NC2CCN(NC(=O)c3ccc4c(c3)nc(CCc3ccc(C(=N)N)cc3)n4C)CC2)c1. The van der Waals surface area contributed by atoms with Crippen LogP contribution >= 0.6 is 0 Å². The molecule has 1 fully saturated rings. The quantitative estimate of drug-likeness (QED) is 0.112. The second-order valence-corrected chi connectivity index (χ2v) is 10.8. The van der Waals surface area contributed by atoms with Gasteiger partial charge in [0.25, 0.3) is 5.91 Å². The van der Waals surface area contributed by atoms with E-state index >= 15 is 0 Å². The third-order valence-corrected chi connectivity index (χ3v) is 7.77. The van der Waals surface area contributed by atoms with Crippen molar-refractivity contribution in [3.8, 4) is 0 Å². The summed E-state index contributed by atoms with van der Waals surface area (Å²) in [5.41, 5.74) is 13.4. The van der Waals surface area contributed by atoms with Gasteiger partial charge in [-0.1, -0.05) is 30.3 Å². The zero-order valence-electron chi connectivity index (χ0n) is 24.7. The number of ether oxygens (including phenoxy) is 1. The molecule has 3 aromatic carbocycles. The fraction of sp³-hybridized carbons (Fsp3) is 0.281. The minimum atomic E-state index is -0.474. The van der Waals surface area contributed by atoms with Crippen LogP contribution in [0, 0.1) is 5.41 Å². The first kappa shape index (κ1) is 30.2. The van der Waals surface area contributed by atoms with Crippen LogP contribution in [0.2, 0.25) is 0 Å². The number of nitrogens with two attached hydrogens (primary N) is 1. The van der Waals surface area contributed by atoms with Crippen molar-refractivity contribution in [2.75, 3.05) is 25.5 Å². The molecule has 6 N–H and O–H groups in total. The first-order chi connectivity index (χ1) is 21.2. The number of hydrogen-bond donors (Lipinski definition) is 5. The lowest BCUT2D eigenvalue weighted by molar-refractivity contribution is 0.0600. The Labute approximate surface area is 255 Å². The van der Waals surface area contributed by atoms with Gasteiger partial charge in [-0.3, -0.25) is 15.6 Å². The maximum atomic E-state index is 13.1. The summed E-state index contributed by atoms with van der Waals surface area (Å²) in [6, 6.07) is 19.3. The first-order valence-corrected chi connectivity index (χ1v) is 14.4. The zero-order chi connectivity index (χ0) is 31.2. The standard InChI is InChI=1S/C32H36N8O4/c1-39-27-12-11-22(19-26(27)37-28(39)13-8-20-6-9-21(10-7-20)29(33)34)30(41)38-40-16-14-24(15-17-40)35-32(43)36-25-5-3-4-23(18-25)31(42)44-2/h3-7,9-12,18-19,24H,8,13-17H2,1-2H3,(H3,33,34)(H,38,41)(H2,35,36,43). The number of esters is 1. The Morgan fingerprint density at radius 3 is 2.41 bits per heavy atom. The number of carbonyl (C=O) groups is 3. The van der Waals surface area contributed by atoms with E-state index in [2.05, 4.69) is 16.1 Å². The van der Waals surface area contributed by atoms with E-state index in [-0.39, 0.29) is 23.8 Å². The zero-order valence-corrected chi connectivity index (χ0v) is 24.7. The summed E-state index contributed by atoms with van der Waals surface area (Å²) < 4.78 is 6.77. The predicted octanol–water partition coefficient (Wildman–Crippen LogP) is 3.36. The van der Waals surface area contributed by atoms with E-state index in [9.17, 15) is 14.4 Å². The number of amides is 3. The molecular weight excluding hydrogens is 560 g/mol. The first-order valence-electron chi connectivity index (χ1n) is 14.4. The molecule has 2 heterocycles. The molecule has 0 saturated carbocycles. The Balaban J connectivity index is 1.11. The van der Waals surface area contributed by atoms with E-state index in [1.54, 1.807) is 30.3 Å². The average molecular weight is 597 g/mol. The van der Waals surface area contributed by atoms with Gasteiger partial charge in [0, 0.05) is 49.4 Å². The molecule has 228 valence electrons. The number of aryl methyl sites for hydroxylation is 3. The van der Waals surface area contributed by atoms with Gasteiger partial charge in [0.2, 0.25) is 0 Å². The Bertz CT molecular complexity index is 1690. The number of nitrogen functional groups attached to an aromatic ring is 1. The van der Waals surface area contributed by atoms with Crippen LogP contribution < -0.4 is 21.8 Å². The molecule has 5 rings (SSSR count). The highest BCUT2D eigenvalue weighted by Crippen LogP contribution is 2.19. The molecule has 44 heavy (non-hydrogen) atoms. The van der Waals surface area contributed by atoms with Gasteiger partial charge in [-0.2, -0.15) is 0 Å². The van der Waals surface area contributed by atoms with E-state index in [0.29, 0.717) is 48.3 Å². The number of anilines is 1. The van der Waals surface area contributed by atoms with Crippen LogP contribution in [-0.2, 0) is 24.6 Å². The number of urea groups is 1. The molecule has 1 aliphatic heterocycles. The van der Waals surface area contributed by atoms with Crippen molar-refractivity contribution in [1.82, 2.24) is 25.3 Å². The Kier molecular flexibility index (Phi) is 9.20. The number of nitrogens with one attached hydrogen (secondary N) is 4. The molecule has 1 saturated heterocycles. The second kappa shape index (κ2) is 13.4. The van der Waals surface area contributed by atoms with Crippen molar-refractivity contribution in [2.24, 2.45) is 12.8 Å². The molecule has 0 unspecified atom stereocenters. The summed E-state index contributed by atoms with van der Waals surface area (Å²) in [5.74, 6) is 0.288. The number of carbonyl (C=O) groups excluding carboxylic acids is 3. The van der Waals surface area contributed by atoms with Crippen LogP contribution in [0.25, 0.3) is 11.0 Å². The highest BCUT2D eigenvalue weighted by Gasteiger charge is 2.23.